The summed E-state index contributed by atoms with van der Waals surface area (Å²) in [6, 6.07) is 15.3. The van der Waals surface area contributed by atoms with Gasteiger partial charge < -0.3 is 9.64 Å². The van der Waals surface area contributed by atoms with Crippen molar-refractivity contribution in [3.63, 3.8) is 0 Å². The van der Waals surface area contributed by atoms with Gasteiger partial charge in [-0.1, -0.05) is 43.3 Å². The number of nitrogens with zero attached hydrogens (tertiary/aromatic N) is 1. The minimum Gasteiger partial charge on any atom is -0.496 e. The number of hydrogen-bond donors (Lipinski definition) is 0. The number of likely N-dealkylation sites (tertiary alicyclic amines) is 1. The molecule has 25 heavy (non-hydrogen) atoms. The summed E-state index contributed by atoms with van der Waals surface area (Å²) in [6.45, 7) is 2.33. The van der Waals surface area contributed by atoms with Crippen LogP contribution in [0.5, 0.6) is 5.75 Å². The zero-order chi connectivity index (χ0) is 17.6. The Kier molecular flexibility index (Phi) is 3.82. The highest BCUT2D eigenvalue weighted by Crippen LogP contribution is 2.46. The summed E-state index contributed by atoms with van der Waals surface area (Å²) >= 11 is 0. The van der Waals surface area contributed by atoms with Crippen LogP contribution < -0.4 is 4.74 Å². The molecule has 2 atom stereocenters. The van der Waals surface area contributed by atoms with E-state index in [1.807, 2.05) is 24.1 Å². The first-order valence-corrected chi connectivity index (χ1v) is 9.07. The first kappa shape index (κ1) is 16.2. The average molecular weight is 335 g/mol. The zero-order valence-electron chi connectivity index (χ0n) is 15.2. The number of para-hydroxylation sites is 1. The first-order valence-electron chi connectivity index (χ1n) is 9.07. The van der Waals surface area contributed by atoms with Crippen LogP contribution in [0.1, 0.15) is 37.3 Å². The maximum absolute atomic E-state index is 12.1. The number of ether oxygens (including phenoxy) is 1. The zero-order valence-corrected chi connectivity index (χ0v) is 15.2. The fourth-order valence-electron chi connectivity index (χ4n) is 4.84. The molecule has 1 amide bonds. The summed E-state index contributed by atoms with van der Waals surface area (Å²) in [7, 11) is 3.69. The first-order chi connectivity index (χ1) is 12.0. The van der Waals surface area contributed by atoms with Crippen LogP contribution in [0, 0.1) is 0 Å². The van der Waals surface area contributed by atoms with Crippen LogP contribution in [0.25, 0.3) is 11.1 Å². The molecule has 0 unspecified atom stereocenters. The van der Waals surface area contributed by atoms with Crippen LogP contribution in [0.3, 0.4) is 0 Å². The second kappa shape index (κ2) is 5.91. The average Bonchev–Trinajstić information content (AvgIpc) is 2.64. The normalized spacial score (nSPS) is 25.3. The van der Waals surface area contributed by atoms with E-state index in [0.717, 1.165) is 30.6 Å². The standard InChI is InChI=1S/C22H25NO2/c1-22-13-12-21(24)23(2)20(22)11-9-16-14-15(8-10-18(16)22)17-6-4-5-7-19(17)25-3/h4-8,10,14,20H,9,11-13H2,1-3H3/t20-,22-/m1/s1. The molecule has 3 heteroatoms. The van der Waals surface area contributed by atoms with Crippen molar-refractivity contribution in [1.29, 1.82) is 0 Å². The maximum atomic E-state index is 12.1. The summed E-state index contributed by atoms with van der Waals surface area (Å²) < 4.78 is 5.53. The monoisotopic (exact) mass is 335 g/mol. The molecule has 2 aliphatic rings. The van der Waals surface area contributed by atoms with Crippen molar-refractivity contribution in [2.24, 2.45) is 0 Å². The molecule has 3 nitrogen and oxygen atoms in total. The molecule has 4 rings (SSSR count). The van der Waals surface area contributed by atoms with Gasteiger partial charge in [0, 0.05) is 30.5 Å². The lowest BCUT2D eigenvalue weighted by atomic mass is 9.63. The van der Waals surface area contributed by atoms with E-state index < -0.39 is 0 Å². The number of carbonyl (C=O) groups excluding carboxylic acids is 1. The maximum Gasteiger partial charge on any atom is 0.222 e. The quantitative estimate of drug-likeness (QED) is 0.824. The molecule has 0 aromatic heterocycles. The molecule has 1 heterocycles. The molecular weight excluding hydrogens is 310 g/mol. The molecule has 1 fully saturated rings. The fourth-order valence-corrected chi connectivity index (χ4v) is 4.84. The third-order valence-electron chi connectivity index (χ3n) is 6.28. The minimum atomic E-state index is 0.0650. The Morgan fingerprint density at radius 3 is 2.76 bits per heavy atom. The molecule has 130 valence electrons. The number of carbonyl (C=O) groups is 1. The number of aryl methyl sites for hydroxylation is 1. The lowest BCUT2D eigenvalue weighted by Gasteiger charge is -2.50. The van der Waals surface area contributed by atoms with Crippen LogP contribution in [0.4, 0.5) is 0 Å². The Hall–Kier alpha value is -2.29. The van der Waals surface area contributed by atoms with E-state index in [2.05, 4.69) is 37.3 Å². The molecule has 1 saturated heterocycles. The lowest BCUT2D eigenvalue weighted by molar-refractivity contribution is -0.138. The van der Waals surface area contributed by atoms with Gasteiger partial charge in [-0.15, -0.1) is 0 Å². The number of rotatable bonds is 2. The molecule has 1 aliphatic heterocycles. The van der Waals surface area contributed by atoms with E-state index >= 15 is 0 Å². The number of likely N-dealkylation sites (N-methyl/N-ethyl adjacent to an activating group) is 1. The Labute approximate surface area is 149 Å². The molecular formula is C22H25NO2. The van der Waals surface area contributed by atoms with Crippen molar-refractivity contribution in [3.05, 3.63) is 53.6 Å². The van der Waals surface area contributed by atoms with E-state index in [9.17, 15) is 4.79 Å². The Bertz CT molecular complexity index is 829. The van der Waals surface area contributed by atoms with Gasteiger partial charge in [-0.2, -0.15) is 0 Å². The predicted molar refractivity (Wildman–Crippen MR) is 99.9 cm³/mol. The SMILES string of the molecule is COc1ccccc1-c1ccc2c(c1)CC[C@H]1N(C)C(=O)CC[C@]21C. The summed E-state index contributed by atoms with van der Waals surface area (Å²) in [4.78, 5) is 14.1. The molecule has 0 saturated carbocycles. The number of methoxy groups -OCH3 is 1. The van der Waals surface area contributed by atoms with E-state index in [-0.39, 0.29) is 11.3 Å². The van der Waals surface area contributed by atoms with Gasteiger partial charge in [-0.05, 0) is 42.0 Å². The van der Waals surface area contributed by atoms with Crippen molar-refractivity contribution in [2.75, 3.05) is 14.2 Å². The van der Waals surface area contributed by atoms with Crippen molar-refractivity contribution in [2.45, 2.75) is 44.1 Å². The van der Waals surface area contributed by atoms with Gasteiger partial charge in [0.15, 0.2) is 0 Å². The highest BCUT2D eigenvalue weighted by molar-refractivity contribution is 5.78. The number of fused-ring (bicyclic) bond motifs is 3. The van der Waals surface area contributed by atoms with E-state index in [4.69, 9.17) is 4.74 Å². The van der Waals surface area contributed by atoms with Gasteiger partial charge >= 0.3 is 0 Å². The fraction of sp³-hybridized carbons (Fsp3) is 0.409. The summed E-state index contributed by atoms with van der Waals surface area (Å²) in [5.41, 5.74) is 5.25. The van der Waals surface area contributed by atoms with Gasteiger partial charge in [0.1, 0.15) is 5.75 Å². The molecule has 2 aromatic rings. The van der Waals surface area contributed by atoms with Crippen LogP contribution in [0.2, 0.25) is 0 Å². The van der Waals surface area contributed by atoms with E-state index in [1.54, 1.807) is 7.11 Å². The van der Waals surface area contributed by atoms with Gasteiger partial charge in [0.25, 0.3) is 0 Å². The Morgan fingerprint density at radius 2 is 1.96 bits per heavy atom. The van der Waals surface area contributed by atoms with E-state index in [0.29, 0.717) is 12.5 Å². The molecule has 0 bridgehead atoms. The Balaban J connectivity index is 1.77. The van der Waals surface area contributed by atoms with Crippen LogP contribution in [0.15, 0.2) is 42.5 Å². The van der Waals surface area contributed by atoms with E-state index in [1.165, 1.54) is 16.7 Å². The minimum absolute atomic E-state index is 0.0650. The smallest absolute Gasteiger partial charge is 0.222 e. The van der Waals surface area contributed by atoms with Crippen LogP contribution in [-0.2, 0) is 16.6 Å². The van der Waals surface area contributed by atoms with Crippen LogP contribution in [-0.4, -0.2) is 31.0 Å². The number of hydrogen-bond acceptors (Lipinski definition) is 2. The topological polar surface area (TPSA) is 29.5 Å². The summed E-state index contributed by atoms with van der Waals surface area (Å²) in [5.74, 6) is 1.20. The lowest BCUT2D eigenvalue weighted by Crippen LogP contribution is -2.56. The Morgan fingerprint density at radius 1 is 1.16 bits per heavy atom. The number of benzene rings is 2. The molecule has 0 N–H and O–H groups in total. The highest BCUT2D eigenvalue weighted by Gasteiger charge is 2.46. The number of amides is 1. The largest absolute Gasteiger partial charge is 0.496 e. The van der Waals surface area contributed by atoms with Gasteiger partial charge in [0.2, 0.25) is 5.91 Å². The molecule has 0 spiro atoms. The second-order valence-corrected chi connectivity index (χ2v) is 7.55. The van der Waals surface area contributed by atoms with Crippen molar-refractivity contribution in [3.8, 4) is 16.9 Å². The molecule has 1 aliphatic carbocycles. The second-order valence-electron chi connectivity index (χ2n) is 7.55. The van der Waals surface area contributed by atoms with Gasteiger partial charge in [-0.3, -0.25) is 4.79 Å². The third-order valence-corrected chi connectivity index (χ3v) is 6.28. The summed E-state index contributed by atoms with van der Waals surface area (Å²) in [5, 5.41) is 0. The number of piperidine rings is 1. The molecule has 2 aromatic carbocycles. The van der Waals surface area contributed by atoms with Crippen molar-refractivity contribution >= 4 is 5.91 Å². The van der Waals surface area contributed by atoms with Crippen molar-refractivity contribution < 1.29 is 9.53 Å². The third kappa shape index (κ3) is 2.45. The van der Waals surface area contributed by atoms with Crippen molar-refractivity contribution in [1.82, 2.24) is 4.90 Å². The van der Waals surface area contributed by atoms with Crippen LogP contribution >= 0.6 is 0 Å². The summed E-state index contributed by atoms with van der Waals surface area (Å²) in [6.07, 6.45) is 3.66. The highest BCUT2D eigenvalue weighted by atomic mass is 16.5. The molecule has 0 radical (unpaired) electrons. The van der Waals surface area contributed by atoms with Gasteiger partial charge in [-0.25, -0.2) is 0 Å². The van der Waals surface area contributed by atoms with Gasteiger partial charge in [0.05, 0.1) is 7.11 Å². The predicted octanol–water partition coefficient (Wildman–Crippen LogP) is 4.19.